The average Bonchev–Trinajstić information content (AvgIpc) is 2.46. The molecule has 0 aliphatic heterocycles. The summed E-state index contributed by atoms with van der Waals surface area (Å²) in [6.45, 7) is 2.29. The van der Waals surface area contributed by atoms with Crippen LogP contribution in [0.5, 0.6) is 0 Å². The van der Waals surface area contributed by atoms with E-state index in [4.69, 9.17) is 23.2 Å². The average molecular weight is 328 g/mol. The molecule has 1 aromatic rings. The summed E-state index contributed by atoms with van der Waals surface area (Å²) >= 11 is 12.0. The number of rotatable bonds is 5. The van der Waals surface area contributed by atoms with Crippen LogP contribution in [0.3, 0.4) is 0 Å². The number of ether oxygens (including phenoxy) is 1. The van der Waals surface area contributed by atoms with Crippen LogP contribution in [0, 0.1) is 0 Å². The first-order valence-corrected chi connectivity index (χ1v) is 6.90. The summed E-state index contributed by atoms with van der Waals surface area (Å²) in [5, 5.41) is 10.9. The third-order valence-corrected chi connectivity index (χ3v) is 3.15. The molecule has 1 aromatic carbocycles. The molecule has 21 heavy (non-hydrogen) atoms. The fourth-order valence-electron chi connectivity index (χ4n) is 1.44. The first-order valence-electron chi connectivity index (χ1n) is 6.14. The number of aliphatic hydroxyl groups is 1. The van der Waals surface area contributed by atoms with Crippen LogP contribution in [-0.2, 0) is 9.53 Å². The molecule has 0 fully saturated rings. The first-order chi connectivity index (χ1) is 10.0. The topological polar surface area (TPSA) is 58.9 Å². The molecule has 0 atom stereocenters. The van der Waals surface area contributed by atoms with Gasteiger partial charge in [0.25, 0.3) is 0 Å². The van der Waals surface area contributed by atoms with E-state index in [-0.39, 0.29) is 11.3 Å². The Morgan fingerprint density at radius 2 is 2.00 bits per heavy atom. The number of methoxy groups -OCH3 is 1. The maximum Gasteiger partial charge on any atom is 0.343 e. The molecule has 112 valence electrons. The van der Waals surface area contributed by atoms with Crippen LogP contribution in [0.1, 0.15) is 12.5 Å². The lowest BCUT2D eigenvalue weighted by atomic mass is 10.1. The van der Waals surface area contributed by atoms with Crippen molar-refractivity contribution < 1.29 is 14.6 Å². The van der Waals surface area contributed by atoms with E-state index in [2.05, 4.69) is 9.73 Å². The number of carbonyl (C=O) groups is 1. The van der Waals surface area contributed by atoms with Gasteiger partial charge in [-0.3, -0.25) is 4.99 Å². The normalized spacial score (nSPS) is 12.8. The number of aliphatic hydroxyl groups excluding tert-OH is 1. The molecular formula is C15H15Cl2NO3. The van der Waals surface area contributed by atoms with E-state index >= 15 is 0 Å². The van der Waals surface area contributed by atoms with E-state index in [1.54, 1.807) is 18.2 Å². The number of benzene rings is 1. The number of halogens is 2. The molecular weight excluding hydrogens is 313 g/mol. The molecule has 1 rings (SSSR count). The van der Waals surface area contributed by atoms with Gasteiger partial charge >= 0.3 is 5.97 Å². The summed E-state index contributed by atoms with van der Waals surface area (Å²) in [5.74, 6) is -0.963. The third kappa shape index (κ3) is 4.92. The van der Waals surface area contributed by atoms with Crippen molar-refractivity contribution in [3.8, 4) is 0 Å². The maximum atomic E-state index is 11.6. The molecule has 0 aliphatic carbocycles. The lowest BCUT2D eigenvalue weighted by molar-refractivity contribution is -0.135. The molecule has 0 aromatic heterocycles. The quantitative estimate of drug-likeness (QED) is 0.291. The van der Waals surface area contributed by atoms with Gasteiger partial charge < -0.3 is 9.84 Å². The van der Waals surface area contributed by atoms with Gasteiger partial charge in [-0.05, 0) is 31.2 Å². The predicted octanol–water partition coefficient (Wildman–Crippen LogP) is 4.08. The zero-order valence-corrected chi connectivity index (χ0v) is 13.1. The molecule has 1 N–H and O–H groups in total. The highest BCUT2D eigenvalue weighted by atomic mass is 35.5. The molecule has 0 bridgehead atoms. The van der Waals surface area contributed by atoms with Gasteiger partial charge in [0.2, 0.25) is 0 Å². The first kappa shape index (κ1) is 17.3. The van der Waals surface area contributed by atoms with Crippen LogP contribution < -0.4 is 0 Å². The van der Waals surface area contributed by atoms with Gasteiger partial charge in [0.1, 0.15) is 11.3 Å². The Morgan fingerprint density at radius 1 is 1.38 bits per heavy atom. The molecule has 6 heteroatoms. The van der Waals surface area contributed by atoms with Crippen LogP contribution in [-0.4, -0.2) is 30.9 Å². The molecule has 0 amide bonds. The number of hydrogen-bond donors (Lipinski definition) is 1. The second-order valence-corrected chi connectivity index (χ2v) is 4.70. The Bertz CT molecular complexity index is 587. The van der Waals surface area contributed by atoms with Crippen LogP contribution in [0.4, 0.5) is 0 Å². The minimum Gasteiger partial charge on any atom is -0.507 e. The van der Waals surface area contributed by atoms with Crippen molar-refractivity contribution in [3.63, 3.8) is 0 Å². The lowest BCUT2D eigenvalue weighted by Gasteiger charge is -2.03. The fraction of sp³-hybridized carbons (Fsp3) is 0.200. The highest BCUT2D eigenvalue weighted by Crippen LogP contribution is 2.25. The second kappa shape index (κ2) is 8.49. The SMILES string of the molecule is CCN=CC(C(=O)OC)=C(O)C=Cc1c(Cl)cccc1Cl. The van der Waals surface area contributed by atoms with Crippen molar-refractivity contribution in [2.45, 2.75) is 6.92 Å². The Balaban J connectivity index is 3.17. The van der Waals surface area contributed by atoms with E-state index in [1.165, 1.54) is 25.5 Å². The Morgan fingerprint density at radius 3 is 2.52 bits per heavy atom. The van der Waals surface area contributed by atoms with E-state index in [0.29, 0.717) is 22.2 Å². The Labute approximate surface area is 133 Å². The number of esters is 1. The maximum absolute atomic E-state index is 11.6. The van der Waals surface area contributed by atoms with E-state index in [0.717, 1.165) is 0 Å². The molecule has 0 saturated heterocycles. The highest BCUT2D eigenvalue weighted by molar-refractivity contribution is 6.37. The summed E-state index contributed by atoms with van der Waals surface area (Å²) in [6.07, 6.45) is 4.10. The van der Waals surface area contributed by atoms with E-state index in [1.807, 2.05) is 6.92 Å². The Hall–Kier alpha value is -1.78. The van der Waals surface area contributed by atoms with E-state index < -0.39 is 5.97 Å². The van der Waals surface area contributed by atoms with Crippen molar-refractivity contribution in [3.05, 3.63) is 51.2 Å². The predicted molar refractivity (Wildman–Crippen MR) is 86.2 cm³/mol. The zero-order chi connectivity index (χ0) is 15.8. The summed E-state index contributed by atoms with van der Waals surface area (Å²) in [5.41, 5.74) is 0.503. The molecule has 4 nitrogen and oxygen atoms in total. The van der Waals surface area contributed by atoms with Crippen LogP contribution in [0.15, 0.2) is 40.6 Å². The number of hydrogen-bond acceptors (Lipinski definition) is 4. The van der Waals surface area contributed by atoms with Gasteiger partial charge in [-0.1, -0.05) is 29.3 Å². The summed E-state index contributed by atoms with van der Waals surface area (Å²) in [7, 11) is 1.23. The van der Waals surface area contributed by atoms with Crippen LogP contribution in [0.25, 0.3) is 6.08 Å². The molecule has 0 aliphatic rings. The second-order valence-electron chi connectivity index (χ2n) is 3.89. The summed E-state index contributed by atoms with van der Waals surface area (Å²) in [6, 6.07) is 5.06. The molecule has 0 radical (unpaired) electrons. The van der Waals surface area contributed by atoms with Crippen LogP contribution in [0.2, 0.25) is 10.0 Å². The van der Waals surface area contributed by atoms with Crippen molar-refractivity contribution >= 4 is 41.5 Å². The third-order valence-electron chi connectivity index (χ3n) is 2.49. The van der Waals surface area contributed by atoms with Gasteiger partial charge in [-0.25, -0.2) is 4.79 Å². The van der Waals surface area contributed by atoms with Crippen molar-refractivity contribution in [2.24, 2.45) is 4.99 Å². The van der Waals surface area contributed by atoms with Gasteiger partial charge in [0.15, 0.2) is 0 Å². The Kier molecular flexibility index (Phi) is 6.99. The monoisotopic (exact) mass is 327 g/mol. The van der Waals surface area contributed by atoms with Gasteiger partial charge in [-0.15, -0.1) is 0 Å². The van der Waals surface area contributed by atoms with Crippen molar-refractivity contribution in [2.75, 3.05) is 13.7 Å². The zero-order valence-electron chi connectivity index (χ0n) is 11.6. The minimum atomic E-state index is -0.681. The number of nitrogens with zero attached hydrogens (tertiary/aromatic N) is 1. The minimum absolute atomic E-state index is 0.0428. The van der Waals surface area contributed by atoms with Gasteiger partial charge in [0, 0.05) is 28.4 Å². The fourth-order valence-corrected chi connectivity index (χ4v) is 1.96. The van der Waals surface area contributed by atoms with Gasteiger partial charge in [0.05, 0.1) is 7.11 Å². The number of carbonyl (C=O) groups excluding carboxylic acids is 1. The number of aliphatic imine (C=N–C) groups is 1. The summed E-state index contributed by atoms with van der Waals surface area (Å²) < 4.78 is 4.60. The molecule has 0 spiro atoms. The molecule has 0 heterocycles. The van der Waals surface area contributed by atoms with Gasteiger partial charge in [-0.2, -0.15) is 0 Å². The number of allylic oxidation sites excluding steroid dienone is 1. The van der Waals surface area contributed by atoms with E-state index in [9.17, 15) is 9.90 Å². The summed E-state index contributed by atoms with van der Waals surface area (Å²) in [4.78, 5) is 15.5. The smallest absolute Gasteiger partial charge is 0.343 e. The molecule has 0 saturated carbocycles. The highest BCUT2D eigenvalue weighted by Gasteiger charge is 2.12. The largest absolute Gasteiger partial charge is 0.507 e. The standard InChI is InChI=1S/C15H15Cl2NO3/c1-3-18-9-11(15(20)21-2)14(19)8-7-10-12(16)5-4-6-13(10)17/h4-9,19H,3H2,1-2H3. The van der Waals surface area contributed by atoms with Crippen LogP contribution >= 0.6 is 23.2 Å². The van der Waals surface area contributed by atoms with Crippen molar-refractivity contribution in [1.29, 1.82) is 0 Å². The van der Waals surface area contributed by atoms with Crippen molar-refractivity contribution in [1.82, 2.24) is 0 Å². The molecule has 0 unspecified atom stereocenters. The lowest BCUT2D eigenvalue weighted by Crippen LogP contribution is -2.08.